The van der Waals surface area contributed by atoms with Crippen LogP contribution in [0, 0.1) is 0 Å². The molecule has 2 N–H and O–H groups in total. The van der Waals surface area contributed by atoms with Crippen molar-refractivity contribution in [2.75, 3.05) is 18.6 Å². The van der Waals surface area contributed by atoms with Gasteiger partial charge in [-0.05, 0) is 60.5 Å². The van der Waals surface area contributed by atoms with Crippen molar-refractivity contribution in [1.82, 2.24) is 0 Å². The third-order valence-corrected chi connectivity index (χ3v) is 5.65. The first-order chi connectivity index (χ1) is 16.9. The number of hydrogen-bond acceptors (Lipinski definition) is 6. The molecule has 0 fully saturated rings. The summed E-state index contributed by atoms with van der Waals surface area (Å²) in [5.41, 5.74) is 1.69. The number of nitrogens with zero attached hydrogens (tertiary/aromatic N) is 1. The summed E-state index contributed by atoms with van der Waals surface area (Å²) < 4.78 is 10.7. The van der Waals surface area contributed by atoms with Gasteiger partial charge in [-0.3, -0.25) is 14.5 Å². The van der Waals surface area contributed by atoms with E-state index in [1.54, 1.807) is 42.5 Å². The molecule has 3 aromatic rings. The molecule has 0 saturated carbocycles. The molecule has 4 rings (SSSR count). The molecular formula is C28H25NO6. The smallest absolute Gasteiger partial charge is 0.294 e. The molecule has 0 spiro atoms. The van der Waals surface area contributed by atoms with Crippen LogP contribution in [-0.4, -0.2) is 35.6 Å². The molecule has 35 heavy (non-hydrogen) atoms. The van der Waals surface area contributed by atoms with E-state index in [0.717, 1.165) is 5.56 Å². The number of aliphatic hydroxyl groups excluding tert-OH is 1. The number of carbonyl (C=O) groups excluding carboxylic acids is 2. The van der Waals surface area contributed by atoms with Crippen molar-refractivity contribution in [3.63, 3.8) is 0 Å². The zero-order valence-electron chi connectivity index (χ0n) is 19.3. The Kier molecular flexibility index (Phi) is 6.87. The van der Waals surface area contributed by atoms with E-state index in [4.69, 9.17) is 9.47 Å². The molecule has 1 aliphatic rings. The van der Waals surface area contributed by atoms with Crippen LogP contribution in [0.15, 0.2) is 90.2 Å². The summed E-state index contributed by atoms with van der Waals surface area (Å²) in [6, 6.07) is 19.7. The number of aromatic hydroxyl groups is 1. The Morgan fingerprint density at radius 2 is 1.74 bits per heavy atom. The van der Waals surface area contributed by atoms with Crippen molar-refractivity contribution in [2.45, 2.75) is 13.0 Å². The molecule has 0 unspecified atom stereocenters. The quantitative estimate of drug-likeness (QED) is 0.450. The van der Waals surface area contributed by atoms with E-state index in [1.807, 2.05) is 37.3 Å². The molecule has 1 aliphatic heterocycles. The minimum Gasteiger partial charge on any atom is -0.504 e. The van der Waals surface area contributed by atoms with Crippen molar-refractivity contribution < 1.29 is 29.3 Å². The van der Waals surface area contributed by atoms with Gasteiger partial charge >= 0.3 is 0 Å². The third-order valence-electron chi connectivity index (χ3n) is 5.65. The minimum absolute atomic E-state index is 0.0659. The molecule has 3 aromatic carbocycles. The van der Waals surface area contributed by atoms with Crippen LogP contribution in [0.25, 0.3) is 6.08 Å². The fourth-order valence-electron chi connectivity index (χ4n) is 4.00. The Morgan fingerprint density at radius 1 is 1.03 bits per heavy atom. The van der Waals surface area contributed by atoms with Crippen molar-refractivity contribution in [2.24, 2.45) is 0 Å². The first-order valence-corrected chi connectivity index (χ1v) is 11.1. The zero-order chi connectivity index (χ0) is 24.9. The van der Waals surface area contributed by atoms with Crippen molar-refractivity contribution in [3.05, 3.63) is 101 Å². The van der Waals surface area contributed by atoms with Gasteiger partial charge in [0.15, 0.2) is 23.0 Å². The van der Waals surface area contributed by atoms with E-state index >= 15 is 0 Å². The maximum atomic E-state index is 13.3. The molecule has 7 nitrogen and oxygen atoms in total. The van der Waals surface area contributed by atoms with Gasteiger partial charge in [-0.25, -0.2) is 0 Å². The average Bonchev–Trinajstić information content (AvgIpc) is 3.14. The number of allylic oxidation sites excluding steroid dienone is 1. The molecule has 178 valence electrons. The summed E-state index contributed by atoms with van der Waals surface area (Å²) in [7, 11) is 1.41. The van der Waals surface area contributed by atoms with Crippen LogP contribution in [0.5, 0.6) is 17.2 Å². The zero-order valence-corrected chi connectivity index (χ0v) is 19.3. The molecule has 1 amide bonds. The fraction of sp³-hybridized carbons (Fsp3) is 0.143. The largest absolute Gasteiger partial charge is 0.504 e. The number of anilines is 1. The number of benzene rings is 3. The SMILES string of the molecule is CCOc1ccc(N2C(=O)C(O)=C(C(=O)/C=C\c3ccccc3)[C@H]2c2ccc(O)c(OC)c2)cc1. The van der Waals surface area contributed by atoms with E-state index in [9.17, 15) is 19.8 Å². The van der Waals surface area contributed by atoms with Crippen LogP contribution in [0.1, 0.15) is 24.1 Å². The van der Waals surface area contributed by atoms with Crippen molar-refractivity contribution >= 4 is 23.5 Å². The molecule has 1 heterocycles. The van der Waals surface area contributed by atoms with Crippen LogP contribution >= 0.6 is 0 Å². The monoisotopic (exact) mass is 471 g/mol. The van der Waals surface area contributed by atoms with Gasteiger partial charge in [0.2, 0.25) is 0 Å². The van der Waals surface area contributed by atoms with Crippen LogP contribution in [-0.2, 0) is 9.59 Å². The lowest BCUT2D eigenvalue weighted by atomic mass is 9.95. The lowest BCUT2D eigenvalue weighted by Gasteiger charge is -2.27. The molecule has 0 saturated heterocycles. The molecule has 1 atom stereocenters. The number of amides is 1. The van der Waals surface area contributed by atoms with E-state index < -0.39 is 23.5 Å². The highest BCUT2D eigenvalue weighted by atomic mass is 16.5. The second-order valence-electron chi connectivity index (χ2n) is 7.81. The lowest BCUT2D eigenvalue weighted by Crippen LogP contribution is -2.30. The maximum absolute atomic E-state index is 13.3. The molecule has 0 radical (unpaired) electrons. The number of rotatable bonds is 8. The van der Waals surface area contributed by atoms with Gasteiger partial charge in [0, 0.05) is 5.69 Å². The number of ketones is 1. The number of ether oxygens (including phenoxy) is 2. The standard InChI is InChI=1S/C28H25NO6/c1-3-35-21-13-11-20(12-14-21)29-26(19-10-16-22(30)24(17-19)34-2)25(27(32)28(29)33)23(31)15-9-18-7-5-4-6-8-18/h4-17,26,30,32H,3H2,1-2H3/b15-9-/t26-/m1/s1. The molecule has 7 heteroatoms. The second kappa shape index (κ2) is 10.2. The predicted molar refractivity (Wildman–Crippen MR) is 133 cm³/mol. The Bertz CT molecular complexity index is 1290. The molecular weight excluding hydrogens is 446 g/mol. The topological polar surface area (TPSA) is 96.3 Å². The van der Waals surface area contributed by atoms with Crippen LogP contribution in [0.4, 0.5) is 5.69 Å². The third kappa shape index (κ3) is 4.75. The number of phenols is 1. The van der Waals surface area contributed by atoms with Gasteiger partial charge in [-0.15, -0.1) is 0 Å². The van der Waals surface area contributed by atoms with Gasteiger partial charge in [0.05, 0.1) is 25.3 Å². The van der Waals surface area contributed by atoms with Crippen LogP contribution in [0.3, 0.4) is 0 Å². The highest BCUT2D eigenvalue weighted by Gasteiger charge is 2.44. The highest BCUT2D eigenvalue weighted by Crippen LogP contribution is 2.43. The van der Waals surface area contributed by atoms with Gasteiger partial charge in [0.25, 0.3) is 5.91 Å². The highest BCUT2D eigenvalue weighted by molar-refractivity contribution is 6.19. The van der Waals surface area contributed by atoms with Crippen LogP contribution < -0.4 is 14.4 Å². The Hall–Kier alpha value is -4.52. The summed E-state index contributed by atoms with van der Waals surface area (Å²) in [6.45, 7) is 2.36. The number of carbonyl (C=O) groups is 2. The molecule has 0 bridgehead atoms. The number of phenolic OH excluding ortho intramolecular Hbond substituents is 1. The normalized spacial score (nSPS) is 15.7. The van der Waals surface area contributed by atoms with Gasteiger partial charge in [-0.1, -0.05) is 42.5 Å². The first kappa shape index (κ1) is 23.6. The first-order valence-electron chi connectivity index (χ1n) is 11.1. The molecule has 0 aromatic heterocycles. The minimum atomic E-state index is -0.942. The van der Waals surface area contributed by atoms with E-state index in [-0.39, 0.29) is 17.1 Å². The Labute approximate surface area is 203 Å². The van der Waals surface area contributed by atoms with Crippen molar-refractivity contribution in [1.29, 1.82) is 0 Å². The van der Waals surface area contributed by atoms with E-state index in [2.05, 4.69) is 0 Å². The number of hydrogen-bond donors (Lipinski definition) is 2. The summed E-state index contributed by atoms with van der Waals surface area (Å²) in [4.78, 5) is 27.9. The lowest BCUT2D eigenvalue weighted by molar-refractivity contribution is -0.117. The maximum Gasteiger partial charge on any atom is 0.294 e. The van der Waals surface area contributed by atoms with Gasteiger partial charge in [-0.2, -0.15) is 0 Å². The predicted octanol–water partition coefficient (Wildman–Crippen LogP) is 4.98. The summed E-state index contributed by atoms with van der Waals surface area (Å²) in [5, 5.41) is 20.9. The summed E-state index contributed by atoms with van der Waals surface area (Å²) in [6.07, 6.45) is 2.96. The van der Waals surface area contributed by atoms with E-state index in [0.29, 0.717) is 23.6 Å². The average molecular weight is 472 g/mol. The fourth-order valence-corrected chi connectivity index (χ4v) is 4.00. The van der Waals surface area contributed by atoms with Crippen LogP contribution in [0.2, 0.25) is 0 Å². The van der Waals surface area contributed by atoms with Gasteiger partial charge in [0.1, 0.15) is 5.75 Å². The van der Waals surface area contributed by atoms with E-state index in [1.165, 1.54) is 24.2 Å². The summed E-state index contributed by atoms with van der Waals surface area (Å²) >= 11 is 0. The number of aliphatic hydroxyl groups is 1. The van der Waals surface area contributed by atoms with Crippen molar-refractivity contribution in [3.8, 4) is 17.2 Å². The second-order valence-corrected chi connectivity index (χ2v) is 7.81. The Morgan fingerprint density at radius 3 is 2.40 bits per heavy atom. The molecule has 0 aliphatic carbocycles. The Balaban J connectivity index is 1.79. The van der Waals surface area contributed by atoms with Gasteiger partial charge < -0.3 is 19.7 Å². The number of methoxy groups -OCH3 is 1. The summed E-state index contributed by atoms with van der Waals surface area (Å²) in [5.74, 6) is -1.12.